The molecule has 0 aliphatic rings. The zero-order valence-corrected chi connectivity index (χ0v) is 24.5. The Morgan fingerprint density at radius 3 is 0.935 bits per heavy atom. The Hall–Kier alpha value is 0.827. The fourth-order valence-electron chi connectivity index (χ4n) is 4.27. The molecule has 0 saturated heterocycles. The number of alkyl halides is 1. The highest BCUT2D eigenvalue weighted by atomic mass is 127. The van der Waals surface area contributed by atoms with Crippen molar-refractivity contribution in [1.82, 2.24) is 0 Å². The second-order valence-corrected chi connectivity index (χ2v) is 12.6. The van der Waals surface area contributed by atoms with Gasteiger partial charge < -0.3 is 13.3 Å². The van der Waals surface area contributed by atoms with Crippen molar-refractivity contribution >= 4 is 31.4 Å². The van der Waals surface area contributed by atoms with Gasteiger partial charge >= 0.3 is 8.80 Å². The standard InChI is InChI=1S/C26H55IO3Si/c1-4-28-31(29-5-2,30-6-3)26-24-22-20-18-16-14-12-10-8-7-9-11-13-15-17-19-21-23-25-27/h4-26H2,1-3H3. The Labute approximate surface area is 210 Å². The van der Waals surface area contributed by atoms with Crippen LogP contribution >= 0.6 is 22.6 Å². The fraction of sp³-hybridized carbons (Fsp3) is 1.00. The van der Waals surface area contributed by atoms with Crippen molar-refractivity contribution in [3.8, 4) is 0 Å². The molecule has 188 valence electrons. The lowest BCUT2D eigenvalue weighted by atomic mass is 10.0. The SMILES string of the molecule is CCO[Si](CCCCCCCCCCCCCCCCCCCCI)(OCC)OCC. The van der Waals surface area contributed by atoms with Gasteiger partial charge in [0.25, 0.3) is 0 Å². The van der Waals surface area contributed by atoms with Gasteiger partial charge in [0.1, 0.15) is 0 Å². The Balaban J connectivity index is 3.39. The van der Waals surface area contributed by atoms with Crippen LogP contribution in [0.1, 0.15) is 136 Å². The second kappa shape index (κ2) is 25.4. The molecule has 0 aliphatic heterocycles. The number of hydrogen-bond donors (Lipinski definition) is 0. The lowest BCUT2D eigenvalue weighted by Crippen LogP contribution is -2.45. The molecule has 0 aliphatic carbocycles. The highest BCUT2D eigenvalue weighted by Gasteiger charge is 2.39. The van der Waals surface area contributed by atoms with Crippen LogP contribution in [-0.4, -0.2) is 33.1 Å². The second-order valence-electron chi connectivity index (χ2n) is 8.78. The van der Waals surface area contributed by atoms with Gasteiger partial charge in [-0.15, -0.1) is 0 Å². The van der Waals surface area contributed by atoms with Crippen molar-refractivity contribution in [2.75, 3.05) is 24.2 Å². The van der Waals surface area contributed by atoms with Crippen molar-refractivity contribution in [3.63, 3.8) is 0 Å². The predicted octanol–water partition coefficient (Wildman–Crippen LogP) is 9.49. The van der Waals surface area contributed by atoms with E-state index in [4.69, 9.17) is 13.3 Å². The molecule has 0 aromatic rings. The van der Waals surface area contributed by atoms with Crippen LogP contribution in [0.4, 0.5) is 0 Å². The summed E-state index contributed by atoms with van der Waals surface area (Å²) in [6, 6.07) is 0.973. The van der Waals surface area contributed by atoms with E-state index < -0.39 is 8.80 Å². The van der Waals surface area contributed by atoms with Crippen molar-refractivity contribution in [2.24, 2.45) is 0 Å². The summed E-state index contributed by atoms with van der Waals surface area (Å²) in [4.78, 5) is 0. The Morgan fingerprint density at radius 1 is 0.419 bits per heavy atom. The summed E-state index contributed by atoms with van der Waals surface area (Å²) < 4.78 is 19.2. The molecule has 0 bridgehead atoms. The van der Waals surface area contributed by atoms with Gasteiger partial charge in [-0.2, -0.15) is 0 Å². The summed E-state index contributed by atoms with van der Waals surface area (Å²) in [5.41, 5.74) is 0. The van der Waals surface area contributed by atoms with Crippen LogP contribution in [0, 0.1) is 0 Å². The Kier molecular flexibility index (Phi) is 26.1. The van der Waals surface area contributed by atoms with Gasteiger partial charge in [-0.05, 0) is 38.0 Å². The molecule has 5 heteroatoms. The molecular formula is C26H55IO3Si. The summed E-state index contributed by atoms with van der Waals surface area (Å²) in [5, 5.41) is 0. The minimum Gasteiger partial charge on any atom is -0.374 e. The summed E-state index contributed by atoms with van der Waals surface area (Å²) in [6.07, 6.45) is 25.4. The van der Waals surface area contributed by atoms with Crippen LogP contribution < -0.4 is 0 Å². The molecule has 0 radical (unpaired) electrons. The van der Waals surface area contributed by atoms with Crippen LogP contribution in [0.15, 0.2) is 0 Å². The summed E-state index contributed by atoms with van der Waals surface area (Å²) >= 11 is 2.49. The average Bonchev–Trinajstić information content (AvgIpc) is 2.76. The average molecular weight is 571 g/mol. The molecule has 0 unspecified atom stereocenters. The van der Waals surface area contributed by atoms with Crippen molar-refractivity contribution in [2.45, 2.75) is 142 Å². The minimum absolute atomic E-state index is 0.686. The summed E-state index contributed by atoms with van der Waals surface area (Å²) in [5.74, 6) is 0. The highest BCUT2D eigenvalue weighted by molar-refractivity contribution is 14.1. The molecule has 0 spiro atoms. The first-order chi connectivity index (χ1) is 15.2. The van der Waals surface area contributed by atoms with E-state index in [2.05, 4.69) is 22.6 Å². The number of unbranched alkanes of at least 4 members (excludes halogenated alkanes) is 17. The van der Waals surface area contributed by atoms with Gasteiger partial charge in [0.2, 0.25) is 0 Å². The van der Waals surface area contributed by atoms with Crippen molar-refractivity contribution in [1.29, 1.82) is 0 Å². The molecule has 0 saturated carbocycles. The quantitative estimate of drug-likeness (QED) is 0.0449. The molecule has 0 aromatic carbocycles. The molecule has 0 rings (SSSR count). The number of hydrogen-bond acceptors (Lipinski definition) is 3. The van der Waals surface area contributed by atoms with Gasteiger partial charge in [0.05, 0.1) is 0 Å². The highest BCUT2D eigenvalue weighted by Crippen LogP contribution is 2.21. The lowest BCUT2D eigenvalue weighted by Gasteiger charge is -2.28. The first-order valence-corrected chi connectivity index (χ1v) is 17.2. The largest absolute Gasteiger partial charge is 0.500 e. The Morgan fingerprint density at radius 2 is 0.677 bits per heavy atom. The van der Waals surface area contributed by atoms with Crippen LogP contribution in [0.2, 0.25) is 6.04 Å². The van der Waals surface area contributed by atoms with Crippen LogP contribution in [0.5, 0.6) is 0 Å². The Bertz CT molecular complexity index is 328. The van der Waals surface area contributed by atoms with Crippen LogP contribution in [0.3, 0.4) is 0 Å². The normalized spacial score (nSPS) is 12.0. The number of halogens is 1. The van der Waals surface area contributed by atoms with Gasteiger partial charge in [0, 0.05) is 25.9 Å². The molecule has 31 heavy (non-hydrogen) atoms. The lowest BCUT2D eigenvalue weighted by molar-refractivity contribution is 0.0706. The fourth-order valence-corrected chi connectivity index (χ4v) is 7.49. The summed E-state index contributed by atoms with van der Waals surface area (Å²) in [7, 11) is -2.41. The van der Waals surface area contributed by atoms with E-state index in [1.54, 1.807) is 0 Å². The number of rotatable bonds is 26. The van der Waals surface area contributed by atoms with E-state index in [0.29, 0.717) is 19.8 Å². The molecule has 0 amide bonds. The first kappa shape index (κ1) is 31.8. The van der Waals surface area contributed by atoms with E-state index in [0.717, 1.165) is 6.04 Å². The smallest absolute Gasteiger partial charge is 0.374 e. The third kappa shape index (κ3) is 21.1. The molecule has 0 heterocycles. The van der Waals surface area contributed by atoms with Gasteiger partial charge in [-0.25, -0.2) is 0 Å². The van der Waals surface area contributed by atoms with E-state index >= 15 is 0 Å². The van der Waals surface area contributed by atoms with E-state index in [-0.39, 0.29) is 0 Å². The van der Waals surface area contributed by atoms with E-state index in [9.17, 15) is 0 Å². The zero-order valence-electron chi connectivity index (χ0n) is 21.4. The molecule has 0 aromatic heterocycles. The van der Waals surface area contributed by atoms with Crippen molar-refractivity contribution in [3.05, 3.63) is 0 Å². The third-order valence-corrected chi connectivity index (χ3v) is 9.87. The van der Waals surface area contributed by atoms with E-state index in [1.165, 1.54) is 120 Å². The zero-order chi connectivity index (χ0) is 22.9. The minimum atomic E-state index is -2.41. The first-order valence-electron chi connectivity index (χ1n) is 13.7. The van der Waals surface area contributed by atoms with Crippen LogP contribution in [-0.2, 0) is 13.3 Å². The molecule has 3 nitrogen and oxygen atoms in total. The molecule has 0 atom stereocenters. The maximum absolute atomic E-state index is 5.94. The topological polar surface area (TPSA) is 27.7 Å². The van der Waals surface area contributed by atoms with E-state index in [1.807, 2.05) is 20.8 Å². The van der Waals surface area contributed by atoms with Gasteiger partial charge in [-0.1, -0.05) is 125 Å². The predicted molar refractivity (Wildman–Crippen MR) is 147 cm³/mol. The van der Waals surface area contributed by atoms with Gasteiger partial charge in [-0.3, -0.25) is 0 Å². The molecule has 0 N–H and O–H groups in total. The maximum Gasteiger partial charge on any atom is 0.500 e. The van der Waals surface area contributed by atoms with Crippen molar-refractivity contribution < 1.29 is 13.3 Å². The molecule has 0 fully saturated rings. The monoisotopic (exact) mass is 570 g/mol. The van der Waals surface area contributed by atoms with Crippen LogP contribution in [0.25, 0.3) is 0 Å². The van der Waals surface area contributed by atoms with Gasteiger partial charge in [0.15, 0.2) is 0 Å². The molecular weight excluding hydrogens is 515 g/mol. The third-order valence-electron chi connectivity index (χ3n) is 5.96. The maximum atomic E-state index is 5.94. The summed E-state index contributed by atoms with van der Waals surface area (Å²) in [6.45, 7) is 8.17.